The Morgan fingerprint density at radius 2 is 2.17 bits per heavy atom. The number of carbonyl (C=O) groups is 1. The summed E-state index contributed by atoms with van der Waals surface area (Å²) < 4.78 is 26.5. The molecular weight excluding hydrogens is 340 g/mol. The molecule has 23 heavy (non-hydrogen) atoms. The normalized spacial score (nSPS) is 10.7. The van der Waals surface area contributed by atoms with Gasteiger partial charge in [-0.25, -0.2) is 18.7 Å². The van der Waals surface area contributed by atoms with Crippen LogP contribution in [0.1, 0.15) is 16.2 Å². The topological polar surface area (TPSA) is 46.1 Å². The van der Waals surface area contributed by atoms with Crippen molar-refractivity contribution >= 4 is 28.6 Å². The van der Waals surface area contributed by atoms with Crippen LogP contribution in [-0.2, 0) is 6.54 Å². The molecule has 0 fully saturated rings. The quantitative estimate of drug-likeness (QED) is 0.718. The van der Waals surface area contributed by atoms with Gasteiger partial charge in [-0.15, -0.1) is 22.7 Å². The van der Waals surface area contributed by atoms with Crippen molar-refractivity contribution in [2.75, 3.05) is 7.05 Å². The molecule has 0 radical (unpaired) electrons. The Labute approximate surface area is 139 Å². The second kappa shape index (κ2) is 6.51. The van der Waals surface area contributed by atoms with E-state index in [2.05, 4.69) is 9.97 Å². The number of hydrogen-bond acceptors (Lipinski definition) is 5. The van der Waals surface area contributed by atoms with Gasteiger partial charge in [0, 0.05) is 18.5 Å². The lowest BCUT2D eigenvalue weighted by molar-refractivity contribution is 0.0772. The number of thiazole rings is 1. The number of pyridine rings is 1. The number of halogens is 2. The highest BCUT2D eigenvalue weighted by molar-refractivity contribution is 7.20. The van der Waals surface area contributed by atoms with E-state index in [-0.39, 0.29) is 6.54 Å². The first-order chi connectivity index (χ1) is 11.0. The first kappa shape index (κ1) is 15.7. The molecule has 3 heterocycles. The van der Waals surface area contributed by atoms with Crippen molar-refractivity contribution in [3.8, 4) is 9.88 Å². The Morgan fingerprint density at radius 1 is 1.35 bits per heavy atom. The summed E-state index contributed by atoms with van der Waals surface area (Å²) in [5.41, 5.74) is 0.305. The lowest BCUT2D eigenvalue weighted by atomic mass is 10.3. The molecule has 118 valence electrons. The highest BCUT2D eigenvalue weighted by Crippen LogP contribution is 2.28. The first-order valence-corrected chi connectivity index (χ1v) is 8.35. The Kier molecular flexibility index (Phi) is 4.44. The maximum absolute atomic E-state index is 13.6. The third kappa shape index (κ3) is 3.43. The standard InChI is InChI=1S/C15H11F2N3OS2/c1-20(15(21)13-11(17)5-9(16)6-18-13)7-10-8-23-14(19-10)12-3-2-4-22-12/h2-6,8H,7H2,1H3. The molecule has 0 aliphatic heterocycles. The van der Waals surface area contributed by atoms with Gasteiger partial charge >= 0.3 is 0 Å². The third-order valence-electron chi connectivity index (χ3n) is 3.04. The molecule has 3 aromatic heterocycles. The van der Waals surface area contributed by atoms with Gasteiger partial charge in [-0.2, -0.15) is 0 Å². The molecule has 8 heteroatoms. The van der Waals surface area contributed by atoms with E-state index in [1.807, 2.05) is 22.9 Å². The summed E-state index contributed by atoms with van der Waals surface area (Å²) in [6, 6.07) is 4.56. The molecule has 4 nitrogen and oxygen atoms in total. The smallest absolute Gasteiger partial charge is 0.275 e. The van der Waals surface area contributed by atoms with Crippen LogP contribution >= 0.6 is 22.7 Å². The number of rotatable bonds is 4. The minimum atomic E-state index is -0.973. The summed E-state index contributed by atoms with van der Waals surface area (Å²) in [5, 5.41) is 4.70. The van der Waals surface area contributed by atoms with Crippen LogP contribution in [-0.4, -0.2) is 27.8 Å². The predicted octanol–water partition coefficient (Wildman–Crippen LogP) is 3.82. The molecule has 0 N–H and O–H groups in total. The summed E-state index contributed by atoms with van der Waals surface area (Å²) in [6.45, 7) is 0.221. The minimum Gasteiger partial charge on any atom is -0.334 e. The van der Waals surface area contributed by atoms with Gasteiger partial charge in [-0.3, -0.25) is 4.79 Å². The second-order valence-electron chi connectivity index (χ2n) is 4.77. The maximum Gasteiger partial charge on any atom is 0.275 e. The first-order valence-electron chi connectivity index (χ1n) is 6.59. The summed E-state index contributed by atoms with van der Waals surface area (Å²) >= 11 is 3.07. The predicted molar refractivity (Wildman–Crippen MR) is 85.4 cm³/mol. The molecule has 3 aromatic rings. The van der Waals surface area contributed by atoms with Crippen molar-refractivity contribution in [2.24, 2.45) is 0 Å². The zero-order valence-electron chi connectivity index (χ0n) is 12.0. The van der Waals surface area contributed by atoms with Gasteiger partial charge in [0.05, 0.1) is 23.3 Å². The van der Waals surface area contributed by atoms with E-state index in [1.165, 1.54) is 23.3 Å². The maximum atomic E-state index is 13.6. The van der Waals surface area contributed by atoms with Gasteiger partial charge in [0.1, 0.15) is 10.8 Å². The van der Waals surface area contributed by atoms with Crippen LogP contribution in [0.25, 0.3) is 9.88 Å². The van der Waals surface area contributed by atoms with Crippen molar-refractivity contribution in [1.82, 2.24) is 14.9 Å². The van der Waals surface area contributed by atoms with Crippen LogP contribution in [0.15, 0.2) is 35.2 Å². The lowest BCUT2D eigenvalue weighted by Crippen LogP contribution is -2.28. The molecule has 0 spiro atoms. The summed E-state index contributed by atoms with van der Waals surface area (Å²) in [5.74, 6) is -2.41. The van der Waals surface area contributed by atoms with E-state index in [0.29, 0.717) is 11.8 Å². The van der Waals surface area contributed by atoms with Crippen molar-refractivity contribution in [3.63, 3.8) is 0 Å². The van der Waals surface area contributed by atoms with Crippen molar-refractivity contribution in [2.45, 2.75) is 6.54 Å². The van der Waals surface area contributed by atoms with Gasteiger partial charge in [0.15, 0.2) is 11.5 Å². The second-order valence-corrected chi connectivity index (χ2v) is 6.57. The van der Waals surface area contributed by atoms with Gasteiger partial charge in [-0.05, 0) is 11.4 Å². The lowest BCUT2D eigenvalue weighted by Gasteiger charge is -2.15. The molecular formula is C15H11F2N3OS2. The molecule has 0 aliphatic carbocycles. The van der Waals surface area contributed by atoms with Crippen LogP contribution in [0.4, 0.5) is 8.78 Å². The molecule has 0 aromatic carbocycles. The van der Waals surface area contributed by atoms with Gasteiger partial charge < -0.3 is 4.90 Å². The number of amides is 1. The van der Waals surface area contributed by atoms with Gasteiger partial charge in [0.25, 0.3) is 5.91 Å². The monoisotopic (exact) mass is 351 g/mol. The SMILES string of the molecule is CN(Cc1csc(-c2cccs2)n1)C(=O)c1ncc(F)cc1F. The summed E-state index contributed by atoms with van der Waals surface area (Å²) in [7, 11) is 1.52. The molecule has 0 aliphatic rings. The van der Waals surface area contributed by atoms with Crippen LogP contribution in [0.5, 0.6) is 0 Å². The number of nitrogens with zero attached hydrogens (tertiary/aromatic N) is 3. The molecule has 0 bridgehead atoms. The number of hydrogen-bond donors (Lipinski definition) is 0. The van der Waals surface area contributed by atoms with E-state index in [0.717, 1.165) is 16.1 Å². The summed E-state index contributed by atoms with van der Waals surface area (Å²) in [4.78, 5) is 22.5. The zero-order valence-corrected chi connectivity index (χ0v) is 13.6. The molecule has 0 saturated heterocycles. The van der Waals surface area contributed by atoms with E-state index in [1.54, 1.807) is 11.3 Å². The average Bonchev–Trinajstić information content (AvgIpc) is 3.17. The van der Waals surface area contributed by atoms with Crippen LogP contribution in [0.2, 0.25) is 0 Å². The number of aromatic nitrogens is 2. The van der Waals surface area contributed by atoms with Crippen LogP contribution in [0.3, 0.4) is 0 Å². The molecule has 0 saturated carbocycles. The fraction of sp³-hybridized carbons (Fsp3) is 0.133. The Hall–Kier alpha value is -2.19. The Bertz CT molecular complexity index is 833. The minimum absolute atomic E-state index is 0.221. The highest BCUT2D eigenvalue weighted by Gasteiger charge is 2.19. The zero-order chi connectivity index (χ0) is 16.4. The van der Waals surface area contributed by atoms with Crippen molar-refractivity contribution in [3.05, 3.63) is 58.2 Å². The number of thiophene rings is 1. The molecule has 0 atom stereocenters. The van der Waals surface area contributed by atoms with E-state index >= 15 is 0 Å². The van der Waals surface area contributed by atoms with E-state index < -0.39 is 23.2 Å². The fourth-order valence-electron chi connectivity index (χ4n) is 1.96. The third-order valence-corrected chi connectivity index (χ3v) is 4.97. The Morgan fingerprint density at radius 3 is 2.87 bits per heavy atom. The van der Waals surface area contributed by atoms with Gasteiger partial charge in [-0.1, -0.05) is 6.07 Å². The molecule has 0 unspecified atom stereocenters. The highest BCUT2D eigenvalue weighted by atomic mass is 32.1. The van der Waals surface area contributed by atoms with Crippen LogP contribution < -0.4 is 0 Å². The van der Waals surface area contributed by atoms with Crippen molar-refractivity contribution < 1.29 is 13.6 Å². The summed E-state index contributed by atoms with van der Waals surface area (Å²) in [6.07, 6.45) is 0.821. The largest absolute Gasteiger partial charge is 0.334 e. The molecule has 3 rings (SSSR count). The van der Waals surface area contributed by atoms with Gasteiger partial charge in [0.2, 0.25) is 0 Å². The van der Waals surface area contributed by atoms with Crippen LogP contribution in [0, 0.1) is 11.6 Å². The number of carbonyl (C=O) groups excluding carboxylic acids is 1. The average molecular weight is 351 g/mol. The molecule has 1 amide bonds. The van der Waals surface area contributed by atoms with E-state index in [9.17, 15) is 13.6 Å². The fourth-order valence-corrected chi connectivity index (χ4v) is 3.59. The Balaban J connectivity index is 1.74. The van der Waals surface area contributed by atoms with E-state index in [4.69, 9.17) is 0 Å². The van der Waals surface area contributed by atoms with Crippen molar-refractivity contribution in [1.29, 1.82) is 0 Å².